The maximum Gasteiger partial charge on any atom is 0.321 e. The number of nitrogens with zero attached hydrogens (tertiary/aromatic N) is 10. The average Bonchev–Trinajstić information content (AvgIpc) is 4.09. The van der Waals surface area contributed by atoms with Gasteiger partial charge in [-0.25, -0.2) is 24.7 Å². The van der Waals surface area contributed by atoms with E-state index in [1.165, 1.54) is 21.6 Å². The lowest BCUT2D eigenvalue weighted by atomic mass is 9.79. The van der Waals surface area contributed by atoms with Crippen LogP contribution in [0.4, 0.5) is 16.7 Å². The van der Waals surface area contributed by atoms with Crippen LogP contribution in [0.2, 0.25) is 0 Å². The van der Waals surface area contributed by atoms with Gasteiger partial charge in [0.1, 0.15) is 0 Å². The molecule has 8 heterocycles. The van der Waals surface area contributed by atoms with E-state index >= 15 is 4.79 Å². The summed E-state index contributed by atoms with van der Waals surface area (Å²) in [5.41, 5.74) is 13.6. The molecule has 0 bridgehead atoms. The van der Waals surface area contributed by atoms with Crippen LogP contribution in [0.3, 0.4) is 0 Å². The molecule has 2 amide bonds. The van der Waals surface area contributed by atoms with E-state index < -0.39 is 23.3 Å². The van der Waals surface area contributed by atoms with Crippen molar-refractivity contribution in [3.63, 3.8) is 0 Å². The Labute approximate surface area is 330 Å². The first kappa shape index (κ1) is 35.3. The molecule has 10 rings (SSSR count). The van der Waals surface area contributed by atoms with Crippen molar-refractivity contribution in [3.8, 4) is 23.2 Å². The molecular weight excluding hydrogens is 741 g/mol. The van der Waals surface area contributed by atoms with E-state index in [0.29, 0.717) is 45.9 Å². The third-order valence-electron chi connectivity index (χ3n) is 11.4. The quantitative estimate of drug-likeness (QED) is 0.172. The maximum atomic E-state index is 15.3. The number of anilines is 2. The number of aromatic nitrogens is 8. The number of likely N-dealkylation sites (tertiary alicyclic amines) is 2. The number of carbonyl (C=O) groups is 1. The van der Waals surface area contributed by atoms with Gasteiger partial charge in [0.25, 0.3) is 0 Å². The number of benzene rings is 2. The number of carbonyl (C=O) groups excluding carboxylic acids is 1. The van der Waals surface area contributed by atoms with Gasteiger partial charge in [-0.05, 0) is 48.2 Å². The molecule has 58 heavy (non-hydrogen) atoms. The van der Waals surface area contributed by atoms with E-state index in [-0.39, 0.29) is 56.7 Å². The molecule has 2 aliphatic heterocycles. The zero-order valence-electron chi connectivity index (χ0n) is 31.0. The molecule has 4 unspecified atom stereocenters. The van der Waals surface area contributed by atoms with E-state index in [1.807, 2.05) is 60.7 Å². The van der Waals surface area contributed by atoms with Gasteiger partial charge in [0, 0.05) is 38.1 Å². The summed E-state index contributed by atoms with van der Waals surface area (Å²) in [6, 6.07) is 27.4. The molecule has 17 nitrogen and oxygen atoms in total. The van der Waals surface area contributed by atoms with Gasteiger partial charge in [0.05, 0.1) is 47.2 Å². The Hall–Kier alpha value is -7.11. The zero-order valence-corrected chi connectivity index (χ0v) is 31.0. The van der Waals surface area contributed by atoms with Crippen LogP contribution in [0.25, 0.3) is 34.5 Å². The molecule has 0 radical (unpaired) electrons. The van der Waals surface area contributed by atoms with Crippen LogP contribution >= 0.6 is 0 Å². The van der Waals surface area contributed by atoms with Crippen LogP contribution in [0, 0.1) is 0 Å². The van der Waals surface area contributed by atoms with Crippen molar-refractivity contribution in [1.82, 2.24) is 49.0 Å². The van der Waals surface area contributed by atoms with Gasteiger partial charge in [-0.2, -0.15) is 9.03 Å². The molecule has 17 heteroatoms. The van der Waals surface area contributed by atoms with Crippen LogP contribution in [-0.4, -0.2) is 78.3 Å². The lowest BCUT2D eigenvalue weighted by molar-refractivity contribution is -0.0631. The Bertz CT molecular complexity index is 2570. The van der Waals surface area contributed by atoms with Crippen molar-refractivity contribution < 1.29 is 23.8 Å². The minimum Gasteiger partial charge on any atom is -0.461 e. The molecule has 8 aromatic rings. The summed E-state index contributed by atoms with van der Waals surface area (Å²) < 4.78 is 13.9. The minimum atomic E-state index is -1.30. The van der Waals surface area contributed by atoms with Gasteiger partial charge in [0.2, 0.25) is 23.5 Å². The fraction of sp³-hybridized carbons (Fsp3) is 0.244. The number of fused-ring (bicyclic) bond motifs is 2. The number of nitrogens with two attached hydrogens (primary N) is 2. The molecule has 6 N–H and O–H groups in total. The van der Waals surface area contributed by atoms with Crippen molar-refractivity contribution in [3.05, 3.63) is 132 Å². The van der Waals surface area contributed by atoms with Crippen molar-refractivity contribution in [2.45, 2.75) is 49.0 Å². The molecule has 0 aliphatic carbocycles. The highest BCUT2D eigenvalue weighted by atomic mass is 16.3. The largest absolute Gasteiger partial charge is 0.461 e. The Kier molecular flexibility index (Phi) is 8.24. The summed E-state index contributed by atoms with van der Waals surface area (Å²) in [4.78, 5) is 37.6. The summed E-state index contributed by atoms with van der Waals surface area (Å²) in [5, 5.41) is 33.6. The van der Waals surface area contributed by atoms with E-state index in [2.05, 4.69) is 20.2 Å². The topological polar surface area (TPSA) is 228 Å². The third kappa shape index (κ3) is 5.98. The fourth-order valence-corrected chi connectivity index (χ4v) is 8.38. The average molecular weight is 779 g/mol. The Morgan fingerprint density at radius 1 is 0.621 bits per heavy atom. The van der Waals surface area contributed by atoms with Crippen molar-refractivity contribution in [1.29, 1.82) is 0 Å². The second kappa shape index (κ2) is 13.5. The van der Waals surface area contributed by atoms with E-state index in [9.17, 15) is 10.2 Å². The van der Waals surface area contributed by atoms with Crippen LogP contribution < -0.4 is 11.5 Å². The molecule has 292 valence electrons. The summed E-state index contributed by atoms with van der Waals surface area (Å²) in [6.45, 7) is 0.340. The fourth-order valence-electron chi connectivity index (χ4n) is 8.38. The van der Waals surface area contributed by atoms with Crippen LogP contribution in [0.1, 0.15) is 60.3 Å². The monoisotopic (exact) mass is 778 g/mol. The molecule has 2 fully saturated rings. The van der Waals surface area contributed by atoms with Crippen molar-refractivity contribution >= 4 is 29.2 Å². The first-order chi connectivity index (χ1) is 28.2. The van der Waals surface area contributed by atoms with Crippen LogP contribution in [0.15, 0.2) is 118 Å². The summed E-state index contributed by atoms with van der Waals surface area (Å²) in [7, 11) is 0. The van der Waals surface area contributed by atoms with Gasteiger partial charge in [-0.1, -0.05) is 60.7 Å². The Balaban J connectivity index is 1.06. The van der Waals surface area contributed by atoms with Crippen molar-refractivity contribution in [2.24, 2.45) is 0 Å². The number of amides is 2. The predicted octanol–water partition coefficient (Wildman–Crippen LogP) is 5.12. The SMILES string of the molecule is Nc1nc(C2CC(O)(c3ccccc3)CCN2C(=O)N2CCC(O)(c3ccccc3)CC2c2cc3nc(-c4ccco4)nn3c(N)n2)cc2nc(-c3ccco3)nn12. The van der Waals surface area contributed by atoms with E-state index in [4.69, 9.17) is 30.3 Å². The molecule has 2 aliphatic rings. The van der Waals surface area contributed by atoms with Gasteiger partial charge in [-0.3, -0.25) is 0 Å². The normalized spacial score (nSPS) is 22.5. The Morgan fingerprint density at radius 3 is 1.45 bits per heavy atom. The Morgan fingerprint density at radius 2 is 1.05 bits per heavy atom. The highest BCUT2D eigenvalue weighted by Gasteiger charge is 2.48. The van der Waals surface area contributed by atoms with Gasteiger partial charge >= 0.3 is 6.03 Å². The molecule has 0 saturated carbocycles. The predicted molar refractivity (Wildman–Crippen MR) is 209 cm³/mol. The lowest BCUT2D eigenvalue weighted by Gasteiger charge is -2.49. The number of hydrogen-bond donors (Lipinski definition) is 4. The smallest absolute Gasteiger partial charge is 0.321 e. The van der Waals surface area contributed by atoms with Gasteiger partial charge in [-0.15, -0.1) is 10.2 Å². The van der Waals surface area contributed by atoms with Crippen molar-refractivity contribution in [2.75, 3.05) is 24.6 Å². The molecule has 4 atom stereocenters. The summed E-state index contributed by atoms with van der Waals surface area (Å²) in [5.74, 6) is 1.67. The van der Waals surface area contributed by atoms with Gasteiger partial charge < -0.3 is 40.3 Å². The van der Waals surface area contributed by atoms with Crippen LogP contribution in [-0.2, 0) is 11.2 Å². The molecule has 2 aromatic carbocycles. The summed E-state index contributed by atoms with van der Waals surface area (Å²) in [6.07, 6.45) is 3.80. The maximum absolute atomic E-state index is 15.3. The molecule has 2 saturated heterocycles. The van der Waals surface area contributed by atoms with E-state index in [0.717, 1.165) is 11.1 Å². The highest BCUT2D eigenvalue weighted by Crippen LogP contribution is 2.46. The highest BCUT2D eigenvalue weighted by molar-refractivity contribution is 5.76. The zero-order chi connectivity index (χ0) is 39.6. The van der Waals surface area contributed by atoms with Crippen LogP contribution in [0.5, 0.6) is 0 Å². The number of rotatable bonds is 6. The number of aliphatic hydroxyl groups is 2. The molecule has 6 aromatic heterocycles. The second-order valence-electron chi connectivity index (χ2n) is 14.8. The third-order valence-corrected chi connectivity index (χ3v) is 11.4. The summed E-state index contributed by atoms with van der Waals surface area (Å²) >= 11 is 0. The molecule has 0 spiro atoms. The van der Waals surface area contributed by atoms with Gasteiger partial charge in [0.15, 0.2) is 22.8 Å². The minimum absolute atomic E-state index is 0.0537. The standard InChI is InChI=1S/C41H38N12O5/c42-37-44-27(21-33-46-35(48-52(33)37)31-13-7-19-57-31)29-23-40(55,25-9-3-1-4-10-25)15-17-50(29)39(54)51-18-16-41(56,26-11-5-2-6-12-26)24-30(51)28-22-34-47-36(32-14-8-20-58-32)49-53(34)38(43)45-28/h1-14,19-22,29-30,55-56H,15-18,23-24H2,(H2,42,44)(H2,43,45). The second-order valence-corrected chi connectivity index (χ2v) is 14.8. The first-order valence-corrected chi connectivity index (χ1v) is 18.9. The van der Waals surface area contributed by atoms with E-state index in [1.54, 1.807) is 46.2 Å². The number of piperidine rings is 2. The number of urea groups is 1. The lowest BCUT2D eigenvalue weighted by Crippen LogP contribution is -2.55. The number of furan rings is 2. The number of hydrogen-bond acceptors (Lipinski definition) is 13. The number of nitrogen functional groups attached to an aromatic ring is 2. The first-order valence-electron chi connectivity index (χ1n) is 18.9. The molecular formula is C41H38N12O5.